The third-order valence-electron chi connectivity index (χ3n) is 3.42. The molecule has 0 unspecified atom stereocenters. The number of benzene rings is 1. The molecule has 134 valence electrons. The summed E-state index contributed by atoms with van der Waals surface area (Å²) in [5.74, 6) is -1.04. The molecule has 0 saturated carbocycles. The zero-order valence-electron chi connectivity index (χ0n) is 13.9. The van der Waals surface area contributed by atoms with Crippen molar-refractivity contribution < 1.29 is 33.5 Å². The number of esters is 1. The molecule has 2 rings (SSSR count). The fourth-order valence-corrected chi connectivity index (χ4v) is 2.06. The lowest BCUT2D eigenvalue weighted by molar-refractivity contribution is -0.177. The average Bonchev–Trinajstić information content (AvgIpc) is 2.91. The monoisotopic (exact) mass is 349 g/mol. The molecule has 1 saturated heterocycles. The third-order valence-corrected chi connectivity index (χ3v) is 3.42. The van der Waals surface area contributed by atoms with Gasteiger partial charge < -0.3 is 9.47 Å². The van der Waals surface area contributed by atoms with Crippen molar-refractivity contribution in [2.75, 3.05) is 0 Å². The van der Waals surface area contributed by atoms with E-state index in [1.807, 2.05) is 6.92 Å². The highest BCUT2D eigenvalue weighted by atomic mass is 16.8. The highest BCUT2D eigenvalue weighted by Crippen LogP contribution is 2.16. The van der Waals surface area contributed by atoms with E-state index in [9.17, 15) is 19.2 Å². The van der Waals surface area contributed by atoms with E-state index in [0.717, 1.165) is 12.8 Å². The van der Waals surface area contributed by atoms with E-state index >= 15 is 0 Å². The number of hydrogen-bond acceptors (Lipinski definition) is 7. The average molecular weight is 349 g/mol. The molecule has 1 fully saturated rings. The number of rotatable bonds is 7. The fraction of sp³-hybridized carbons (Fsp3) is 0.412. The van der Waals surface area contributed by atoms with E-state index in [-0.39, 0.29) is 25.4 Å². The Kier molecular flexibility index (Phi) is 6.50. The van der Waals surface area contributed by atoms with Gasteiger partial charge in [-0.15, -0.1) is 0 Å². The lowest BCUT2D eigenvalue weighted by Crippen LogP contribution is -2.32. The van der Waals surface area contributed by atoms with Crippen molar-refractivity contribution in [3.05, 3.63) is 29.8 Å². The predicted molar refractivity (Wildman–Crippen MR) is 84.0 cm³/mol. The first kappa shape index (κ1) is 18.4. The quantitative estimate of drug-likeness (QED) is 0.423. The van der Waals surface area contributed by atoms with Gasteiger partial charge >= 0.3 is 12.1 Å². The summed E-state index contributed by atoms with van der Waals surface area (Å²) < 4.78 is 10.0. The number of ether oxygens (including phenoxy) is 2. The largest absolute Gasteiger partial charge is 0.534 e. The summed E-state index contributed by atoms with van der Waals surface area (Å²) in [6.07, 6.45) is 0.944. The van der Waals surface area contributed by atoms with Crippen LogP contribution in [0.15, 0.2) is 24.3 Å². The van der Waals surface area contributed by atoms with E-state index in [2.05, 4.69) is 4.84 Å². The second-order valence-corrected chi connectivity index (χ2v) is 5.43. The van der Waals surface area contributed by atoms with E-state index < -0.39 is 18.0 Å². The molecule has 0 radical (unpaired) electrons. The van der Waals surface area contributed by atoms with Gasteiger partial charge in [0.15, 0.2) is 0 Å². The number of unbranched alkanes of at least 4 members (excludes halogenated alkanes) is 1. The second kappa shape index (κ2) is 8.81. The SMILES string of the molecule is CCCCC(=O)Oc1ccc(COC(=O)ON2C(=O)CCC2=O)cc1. The molecule has 0 spiro atoms. The minimum Gasteiger partial charge on any atom is -0.428 e. The first-order valence-corrected chi connectivity index (χ1v) is 7.99. The molecule has 0 bridgehead atoms. The Bertz CT molecular complexity index is 637. The topological polar surface area (TPSA) is 99.2 Å². The van der Waals surface area contributed by atoms with Crippen molar-refractivity contribution in [1.82, 2.24) is 5.06 Å². The number of hydrogen-bond donors (Lipinski definition) is 0. The Morgan fingerprint density at radius 3 is 2.32 bits per heavy atom. The molecule has 8 heteroatoms. The van der Waals surface area contributed by atoms with Gasteiger partial charge in [0.2, 0.25) is 0 Å². The van der Waals surface area contributed by atoms with Crippen molar-refractivity contribution in [2.24, 2.45) is 0 Å². The Balaban J connectivity index is 1.77. The van der Waals surface area contributed by atoms with Gasteiger partial charge in [0, 0.05) is 19.3 Å². The highest BCUT2D eigenvalue weighted by Gasteiger charge is 2.33. The van der Waals surface area contributed by atoms with E-state index in [0.29, 0.717) is 22.8 Å². The molecular weight excluding hydrogens is 330 g/mol. The molecular formula is C17H19NO7. The van der Waals surface area contributed by atoms with Crippen molar-refractivity contribution in [3.63, 3.8) is 0 Å². The third kappa shape index (κ3) is 5.59. The molecule has 1 heterocycles. The van der Waals surface area contributed by atoms with Crippen LogP contribution in [0.3, 0.4) is 0 Å². The molecule has 1 aliphatic rings. The van der Waals surface area contributed by atoms with Crippen molar-refractivity contribution >= 4 is 23.9 Å². The lowest BCUT2D eigenvalue weighted by Gasteiger charge is -2.12. The normalized spacial score (nSPS) is 13.7. The number of imide groups is 1. The summed E-state index contributed by atoms with van der Waals surface area (Å²) in [7, 11) is 0. The molecule has 0 aliphatic carbocycles. The number of nitrogens with zero attached hydrogens (tertiary/aromatic N) is 1. The Morgan fingerprint density at radius 1 is 1.08 bits per heavy atom. The summed E-state index contributed by atoms with van der Waals surface area (Å²) in [6.45, 7) is 1.88. The van der Waals surface area contributed by atoms with Gasteiger partial charge in [-0.05, 0) is 24.1 Å². The maximum absolute atomic E-state index is 11.5. The van der Waals surface area contributed by atoms with E-state index in [1.165, 1.54) is 0 Å². The van der Waals surface area contributed by atoms with Crippen LogP contribution in [0.1, 0.15) is 44.6 Å². The Morgan fingerprint density at radius 2 is 1.72 bits per heavy atom. The molecule has 0 atom stereocenters. The highest BCUT2D eigenvalue weighted by molar-refractivity contribution is 6.01. The minimum absolute atomic E-state index is 0.0184. The molecule has 1 aliphatic heterocycles. The van der Waals surface area contributed by atoms with Crippen LogP contribution in [-0.4, -0.2) is 29.0 Å². The van der Waals surface area contributed by atoms with Crippen LogP contribution in [0.4, 0.5) is 4.79 Å². The van der Waals surface area contributed by atoms with Gasteiger partial charge in [0.05, 0.1) is 0 Å². The number of carbonyl (C=O) groups excluding carboxylic acids is 4. The van der Waals surface area contributed by atoms with Crippen LogP contribution in [0.2, 0.25) is 0 Å². The van der Waals surface area contributed by atoms with Crippen LogP contribution in [0.25, 0.3) is 0 Å². The predicted octanol–water partition coefficient (Wildman–Crippen LogP) is 2.50. The van der Waals surface area contributed by atoms with Crippen molar-refractivity contribution in [2.45, 2.75) is 45.6 Å². The van der Waals surface area contributed by atoms with Gasteiger partial charge in [-0.1, -0.05) is 30.5 Å². The first-order chi connectivity index (χ1) is 12.0. The number of carbonyl (C=O) groups is 4. The van der Waals surface area contributed by atoms with Gasteiger partial charge in [0.1, 0.15) is 12.4 Å². The summed E-state index contributed by atoms with van der Waals surface area (Å²) in [6, 6.07) is 6.42. The minimum atomic E-state index is -1.14. The second-order valence-electron chi connectivity index (χ2n) is 5.43. The van der Waals surface area contributed by atoms with Gasteiger partial charge in [-0.3, -0.25) is 19.2 Å². The Hall–Kier alpha value is -2.90. The molecule has 25 heavy (non-hydrogen) atoms. The Labute approximate surface area is 144 Å². The van der Waals surface area contributed by atoms with Crippen LogP contribution < -0.4 is 4.74 Å². The van der Waals surface area contributed by atoms with Gasteiger partial charge in [-0.25, -0.2) is 4.79 Å². The summed E-state index contributed by atoms with van der Waals surface area (Å²) >= 11 is 0. The molecule has 1 aromatic rings. The summed E-state index contributed by atoms with van der Waals surface area (Å²) in [4.78, 5) is 50.2. The van der Waals surface area contributed by atoms with Crippen LogP contribution in [0, 0.1) is 0 Å². The zero-order valence-corrected chi connectivity index (χ0v) is 13.9. The standard InChI is InChI=1S/C17H19NO7/c1-2-3-4-16(21)24-13-7-5-12(6-8-13)11-23-17(22)25-18-14(19)9-10-15(18)20/h5-8H,2-4,9-11H2,1H3. The van der Waals surface area contributed by atoms with Gasteiger partial charge in [-0.2, -0.15) is 0 Å². The smallest absolute Gasteiger partial charge is 0.428 e. The summed E-state index contributed by atoms with van der Waals surface area (Å²) in [5.41, 5.74) is 0.629. The van der Waals surface area contributed by atoms with Crippen LogP contribution >= 0.6 is 0 Å². The maximum Gasteiger partial charge on any atom is 0.534 e. The zero-order chi connectivity index (χ0) is 18.2. The van der Waals surface area contributed by atoms with Crippen LogP contribution in [-0.2, 0) is 30.6 Å². The first-order valence-electron chi connectivity index (χ1n) is 7.99. The number of amides is 2. The van der Waals surface area contributed by atoms with E-state index in [1.54, 1.807) is 24.3 Å². The number of hydroxylamine groups is 2. The van der Waals surface area contributed by atoms with Gasteiger partial charge in [0.25, 0.3) is 11.8 Å². The molecule has 2 amide bonds. The van der Waals surface area contributed by atoms with Crippen molar-refractivity contribution in [3.8, 4) is 5.75 Å². The van der Waals surface area contributed by atoms with Crippen LogP contribution in [0.5, 0.6) is 5.75 Å². The maximum atomic E-state index is 11.5. The molecule has 0 aromatic heterocycles. The summed E-state index contributed by atoms with van der Waals surface area (Å²) in [5, 5.41) is 0.418. The van der Waals surface area contributed by atoms with Crippen molar-refractivity contribution in [1.29, 1.82) is 0 Å². The molecule has 8 nitrogen and oxygen atoms in total. The molecule has 1 aromatic carbocycles. The molecule has 0 N–H and O–H groups in total. The van der Waals surface area contributed by atoms with E-state index in [4.69, 9.17) is 9.47 Å². The lowest BCUT2D eigenvalue weighted by atomic mass is 10.2. The fourth-order valence-electron chi connectivity index (χ4n) is 2.06.